The first-order valence-electron chi connectivity index (χ1n) is 26.8. The van der Waals surface area contributed by atoms with E-state index in [1.807, 2.05) is 0 Å². The van der Waals surface area contributed by atoms with Gasteiger partial charge in [-0.1, -0.05) is 244 Å². The summed E-state index contributed by atoms with van der Waals surface area (Å²) in [5.74, 6) is -0.857. The van der Waals surface area contributed by atoms with Gasteiger partial charge in [0, 0.05) is 19.3 Å². The van der Waals surface area contributed by atoms with Crippen molar-refractivity contribution >= 4 is 17.9 Å². The minimum absolute atomic E-state index is 0.0674. The van der Waals surface area contributed by atoms with Crippen LogP contribution >= 0.6 is 0 Å². The highest BCUT2D eigenvalue weighted by Crippen LogP contribution is 2.16. The summed E-state index contributed by atoms with van der Waals surface area (Å²) >= 11 is 0. The monoisotopic (exact) mass is 859 g/mol. The van der Waals surface area contributed by atoms with Gasteiger partial charge in [-0.3, -0.25) is 14.4 Å². The summed E-state index contributed by atoms with van der Waals surface area (Å²) in [5.41, 5.74) is 0. The molecular formula is C55H102O6. The van der Waals surface area contributed by atoms with Crippen molar-refractivity contribution in [2.24, 2.45) is 0 Å². The molecule has 0 bridgehead atoms. The van der Waals surface area contributed by atoms with Crippen LogP contribution in [-0.2, 0) is 28.6 Å². The molecule has 0 heterocycles. The molecule has 0 aliphatic rings. The minimum atomic E-state index is -0.766. The molecule has 0 aromatic rings. The molecule has 0 amide bonds. The summed E-state index contributed by atoms with van der Waals surface area (Å²) in [4.78, 5) is 38.0. The molecule has 6 nitrogen and oxygen atoms in total. The Morgan fingerprint density at radius 1 is 0.328 bits per heavy atom. The van der Waals surface area contributed by atoms with Gasteiger partial charge >= 0.3 is 17.9 Å². The zero-order valence-corrected chi connectivity index (χ0v) is 40.9. The van der Waals surface area contributed by atoms with Gasteiger partial charge in [-0.15, -0.1) is 0 Å². The van der Waals surface area contributed by atoms with Gasteiger partial charge in [-0.2, -0.15) is 0 Å². The van der Waals surface area contributed by atoms with Crippen LogP contribution in [0.4, 0.5) is 0 Å². The predicted molar refractivity (Wildman–Crippen MR) is 261 cm³/mol. The molecule has 0 saturated carbocycles. The highest BCUT2D eigenvalue weighted by atomic mass is 16.6. The van der Waals surface area contributed by atoms with Crippen LogP contribution < -0.4 is 0 Å². The van der Waals surface area contributed by atoms with Crippen molar-refractivity contribution in [2.45, 2.75) is 297 Å². The van der Waals surface area contributed by atoms with Gasteiger partial charge in [0.25, 0.3) is 0 Å². The van der Waals surface area contributed by atoms with Crippen molar-refractivity contribution in [1.82, 2.24) is 0 Å². The molecule has 61 heavy (non-hydrogen) atoms. The largest absolute Gasteiger partial charge is 0.462 e. The van der Waals surface area contributed by atoms with E-state index in [2.05, 4.69) is 45.1 Å². The third-order valence-corrected chi connectivity index (χ3v) is 12.0. The zero-order chi connectivity index (χ0) is 44.4. The van der Waals surface area contributed by atoms with E-state index in [4.69, 9.17) is 14.2 Å². The van der Waals surface area contributed by atoms with Crippen LogP contribution in [0.3, 0.4) is 0 Å². The quantitative estimate of drug-likeness (QED) is 0.0262. The van der Waals surface area contributed by atoms with E-state index >= 15 is 0 Å². The Hall–Kier alpha value is -2.11. The van der Waals surface area contributed by atoms with E-state index in [0.717, 1.165) is 64.2 Å². The summed E-state index contributed by atoms with van der Waals surface area (Å²) in [7, 11) is 0. The average molecular weight is 859 g/mol. The van der Waals surface area contributed by atoms with Crippen LogP contribution in [0.15, 0.2) is 24.3 Å². The Bertz CT molecular complexity index is 989. The molecule has 0 fully saturated rings. The molecule has 0 radical (unpaired) electrons. The summed E-state index contributed by atoms with van der Waals surface area (Å²) < 4.78 is 16.8. The number of unbranched alkanes of at least 4 members (excludes halogenated alkanes) is 34. The first-order valence-corrected chi connectivity index (χ1v) is 26.8. The molecule has 0 N–H and O–H groups in total. The normalized spacial score (nSPS) is 12.1. The highest BCUT2D eigenvalue weighted by molar-refractivity contribution is 5.71. The van der Waals surface area contributed by atoms with Crippen LogP contribution in [0.2, 0.25) is 0 Å². The lowest BCUT2D eigenvalue weighted by Crippen LogP contribution is -2.30. The molecule has 0 aromatic carbocycles. The van der Waals surface area contributed by atoms with Crippen molar-refractivity contribution < 1.29 is 28.6 Å². The fourth-order valence-electron chi connectivity index (χ4n) is 7.89. The molecular weight excluding hydrogens is 757 g/mol. The van der Waals surface area contributed by atoms with E-state index < -0.39 is 6.10 Å². The van der Waals surface area contributed by atoms with Gasteiger partial charge in [0.1, 0.15) is 13.2 Å². The summed E-state index contributed by atoms with van der Waals surface area (Å²) in [6, 6.07) is 0. The first-order chi connectivity index (χ1) is 30.0. The molecule has 0 spiro atoms. The first kappa shape index (κ1) is 58.9. The Morgan fingerprint density at radius 3 is 0.934 bits per heavy atom. The van der Waals surface area contributed by atoms with Crippen LogP contribution in [0.25, 0.3) is 0 Å². The number of carbonyl (C=O) groups excluding carboxylic acids is 3. The number of carbonyl (C=O) groups is 3. The SMILES string of the molecule is CCCCC/C=C\C/C=C\CCCCCCCCCCCC(=O)OCC(COC(=O)CCCCCCCCCCCCC)OC(=O)CCCCCCCCCCCCCCC. The van der Waals surface area contributed by atoms with E-state index in [0.29, 0.717) is 19.3 Å². The predicted octanol–water partition coefficient (Wildman–Crippen LogP) is 17.5. The van der Waals surface area contributed by atoms with Crippen molar-refractivity contribution in [3.05, 3.63) is 24.3 Å². The van der Waals surface area contributed by atoms with Crippen molar-refractivity contribution in [1.29, 1.82) is 0 Å². The number of esters is 3. The van der Waals surface area contributed by atoms with Crippen molar-refractivity contribution in [3.63, 3.8) is 0 Å². The Morgan fingerprint density at radius 2 is 0.590 bits per heavy atom. The minimum Gasteiger partial charge on any atom is -0.462 e. The molecule has 0 saturated heterocycles. The lowest BCUT2D eigenvalue weighted by Gasteiger charge is -2.18. The fraction of sp³-hybridized carbons (Fsp3) is 0.873. The standard InChI is InChI=1S/C55H102O6/c1-4-7-10-13-16-19-22-24-25-26-27-28-29-31-33-36-39-42-45-48-54(57)60-51-52(50-59-53(56)47-44-41-38-35-32-21-18-15-12-9-6-3)61-55(58)49-46-43-40-37-34-30-23-20-17-14-11-8-5-2/h16,19,24-25,52H,4-15,17-18,20-23,26-51H2,1-3H3/b19-16-,25-24-. The summed E-state index contributed by atoms with van der Waals surface area (Å²) in [5, 5.41) is 0. The third kappa shape index (κ3) is 48.8. The number of rotatable bonds is 49. The molecule has 0 aliphatic carbocycles. The molecule has 0 rings (SSSR count). The van der Waals surface area contributed by atoms with Crippen LogP contribution in [0, 0.1) is 0 Å². The maximum Gasteiger partial charge on any atom is 0.306 e. The lowest BCUT2D eigenvalue weighted by molar-refractivity contribution is -0.167. The van der Waals surface area contributed by atoms with Gasteiger partial charge in [-0.05, 0) is 51.4 Å². The van der Waals surface area contributed by atoms with E-state index in [1.54, 1.807) is 0 Å². The van der Waals surface area contributed by atoms with Crippen molar-refractivity contribution in [3.8, 4) is 0 Å². The maximum absolute atomic E-state index is 12.8. The molecule has 1 atom stereocenters. The highest BCUT2D eigenvalue weighted by Gasteiger charge is 2.19. The van der Waals surface area contributed by atoms with Crippen LogP contribution in [-0.4, -0.2) is 37.2 Å². The Kier molecular flexibility index (Phi) is 48.8. The number of allylic oxidation sites excluding steroid dienone is 4. The van der Waals surface area contributed by atoms with Gasteiger partial charge in [-0.25, -0.2) is 0 Å². The third-order valence-electron chi connectivity index (χ3n) is 12.0. The second-order valence-corrected chi connectivity index (χ2v) is 18.2. The molecule has 358 valence electrons. The van der Waals surface area contributed by atoms with Gasteiger partial charge < -0.3 is 14.2 Å². The Labute approximate surface area is 379 Å². The van der Waals surface area contributed by atoms with Gasteiger partial charge in [0.15, 0.2) is 6.10 Å². The number of hydrogen-bond acceptors (Lipinski definition) is 6. The summed E-state index contributed by atoms with van der Waals surface area (Å²) in [6.07, 6.45) is 57.3. The molecule has 1 unspecified atom stereocenters. The molecule has 0 aliphatic heterocycles. The summed E-state index contributed by atoms with van der Waals surface area (Å²) in [6.45, 7) is 6.63. The smallest absolute Gasteiger partial charge is 0.306 e. The van der Waals surface area contributed by atoms with E-state index in [-0.39, 0.29) is 31.1 Å². The fourth-order valence-corrected chi connectivity index (χ4v) is 7.89. The second kappa shape index (κ2) is 50.5. The second-order valence-electron chi connectivity index (χ2n) is 18.2. The molecule has 0 aromatic heterocycles. The van der Waals surface area contributed by atoms with Gasteiger partial charge in [0.05, 0.1) is 0 Å². The van der Waals surface area contributed by atoms with Gasteiger partial charge in [0.2, 0.25) is 0 Å². The number of ether oxygens (including phenoxy) is 3. The number of hydrogen-bond donors (Lipinski definition) is 0. The molecule has 6 heteroatoms. The topological polar surface area (TPSA) is 78.9 Å². The van der Waals surface area contributed by atoms with Crippen LogP contribution in [0.1, 0.15) is 290 Å². The van der Waals surface area contributed by atoms with Crippen molar-refractivity contribution in [2.75, 3.05) is 13.2 Å². The zero-order valence-electron chi connectivity index (χ0n) is 40.9. The maximum atomic E-state index is 12.8. The average Bonchev–Trinajstić information content (AvgIpc) is 3.26. The Balaban J connectivity index is 4.29. The van der Waals surface area contributed by atoms with E-state index in [1.165, 1.54) is 186 Å². The lowest BCUT2D eigenvalue weighted by atomic mass is 10.0. The van der Waals surface area contributed by atoms with E-state index in [9.17, 15) is 14.4 Å². The van der Waals surface area contributed by atoms with Crippen LogP contribution in [0.5, 0.6) is 0 Å².